The summed E-state index contributed by atoms with van der Waals surface area (Å²) >= 11 is 0. The van der Waals surface area contributed by atoms with Gasteiger partial charge in [0.15, 0.2) is 11.5 Å². The molecule has 0 aliphatic carbocycles. The molecule has 0 saturated heterocycles. The molecule has 0 heterocycles. The van der Waals surface area contributed by atoms with Crippen LogP contribution < -0.4 is 9.47 Å². The number of carboxylic acid groups (broad SMARTS) is 1. The highest BCUT2D eigenvalue weighted by molar-refractivity contribution is 5.66. The van der Waals surface area contributed by atoms with Crippen LogP contribution in [0.25, 0.3) is 0 Å². The van der Waals surface area contributed by atoms with Crippen molar-refractivity contribution in [1.82, 2.24) is 0 Å². The van der Waals surface area contributed by atoms with Gasteiger partial charge in [-0.1, -0.05) is 6.07 Å². The lowest BCUT2D eigenvalue weighted by Crippen LogP contribution is -2.03. The predicted molar refractivity (Wildman–Crippen MR) is 61.3 cm³/mol. The quantitative estimate of drug-likeness (QED) is 0.705. The summed E-state index contributed by atoms with van der Waals surface area (Å²) < 4.78 is 10.5. The number of hydrogen-bond donors (Lipinski definition) is 2. The van der Waals surface area contributed by atoms with Crippen molar-refractivity contribution in [3.05, 3.63) is 23.8 Å². The molecule has 0 radical (unpaired) electrons. The molecule has 94 valence electrons. The van der Waals surface area contributed by atoms with E-state index in [1.807, 2.05) is 0 Å². The van der Waals surface area contributed by atoms with Gasteiger partial charge in [-0.05, 0) is 24.1 Å². The number of carboxylic acids is 1. The Balaban J connectivity index is 2.55. The number of methoxy groups -OCH3 is 1. The number of aliphatic hydroxyl groups excluding tert-OH is 1. The van der Waals surface area contributed by atoms with Gasteiger partial charge in [-0.2, -0.15) is 0 Å². The average Bonchev–Trinajstić information content (AvgIpc) is 2.34. The maximum atomic E-state index is 10.3. The monoisotopic (exact) mass is 240 g/mol. The van der Waals surface area contributed by atoms with Crippen LogP contribution in [0, 0.1) is 0 Å². The van der Waals surface area contributed by atoms with Crippen LogP contribution in [0.3, 0.4) is 0 Å². The van der Waals surface area contributed by atoms with E-state index in [0.29, 0.717) is 24.5 Å². The van der Waals surface area contributed by atoms with Crippen molar-refractivity contribution in [1.29, 1.82) is 0 Å². The fourth-order valence-corrected chi connectivity index (χ4v) is 1.34. The van der Waals surface area contributed by atoms with Crippen molar-refractivity contribution in [3.8, 4) is 11.5 Å². The summed E-state index contributed by atoms with van der Waals surface area (Å²) in [4.78, 5) is 10.3. The van der Waals surface area contributed by atoms with E-state index in [1.54, 1.807) is 18.2 Å². The van der Waals surface area contributed by atoms with Gasteiger partial charge in [0.05, 0.1) is 20.3 Å². The minimum absolute atomic E-state index is 0.0599. The van der Waals surface area contributed by atoms with E-state index in [4.69, 9.17) is 19.7 Å². The van der Waals surface area contributed by atoms with Crippen molar-refractivity contribution in [2.75, 3.05) is 13.7 Å². The van der Waals surface area contributed by atoms with Crippen LogP contribution in [-0.4, -0.2) is 29.9 Å². The molecule has 0 bridgehead atoms. The van der Waals surface area contributed by atoms with E-state index in [9.17, 15) is 4.79 Å². The van der Waals surface area contributed by atoms with Crippen molar-refractivity contribution >= 4 is 5.97 Å². The topological polar surface area (TPSA) is 76.0 Å². The molecule has 0 spiro atoms. The highest BCUT2D eigenvalue weighted by atomic mass is 16.5. The Kier molecular flexibility index (Phi) is 5.29. The number of hydrogen-bond acceptors (Lipinski definition) is 4. The zero-order valence-corrected chi connectivity index (χ0v) is 9.68. The highest BCUT2D eigenvalue weighted by Gasteiger charge is 2.05. The molecule has 0 aliphatic heterocycles. The normalized spacial score (nSPS) is 10.0. The van der Waals surface area contributed by atoms with Crippen molar-refractivity contribution in [2.24, 2.45) is 0 Å². The first-order valence-corrected chi connectivity index (χ1v) is 5.29. The molecule has 0 atom stereocenters. The molecular weight excluding hydrogens is 224 g/mol. The summed E-state index contributed by atoms with van der Waals surface area (Å²) in [5, 5.41) is 17.4. The van der Waals surface area contributed by atoms with Gasteiger partial charge in [-0.15, -0.1) is 0 Å². The van der Waals surface area contributed by atoms with Gasteiger partial charge in [-0.25, -0.2) is 0 Å². The van der Waals surface area contributed by atoms with Gasteiger partial charge in [0.1, 0.15) is 0 Å². The molecule has 1 rings (SSSR count). The maximum absolute atomic E-state index is 10.3. The minimum atomic E-state index is -0.837. The first kappa shape index (κ1) is 13.3. The second-order valence-electron chi connectivity index (χ2n) is 3.49. The molecule has 0 aliphatic rings. The van der Waals surface area contributed by atoms with Gasteiger partial charge in [0.25, 0.3) is 0 Å². The number of ether oxygens (including phenoxy) is 2. The van der Waals surface area contributed by atoms with E-state index in [0.717, 1.165) is 5.56 Å². The molecule has 17 heavy (non-hydrogen) atoms. The molecule has 5 heteroatoms. The lowest BCUT2D eigenvalue weighted by Gasteiger charge is -2.11. The average molecular weight is 240 g/mol. The lowest BCUT2D eigenvalue weighted by molar-refractivity contribution is -0.137. The van der Waals surface area contributed by atoms with Crippen molar-refractivity contribution < 1.29 is 24.5 Å². The fourth-order valence-electron chi connectivity index (χ4n) is 1.34. The summed E-state index contributed by atoms with van der Waals surface area (Å²) in [5.74, 6) is 0.248. The van der Waals surface area contributed by atoms with Gasteiger partial charge in [0.2, 0.25) is 0 Å². The van der Waals surface area contributed by atoms with Gasteiger partial charge in [0, 0.05) is 6.42 Å². The molecule has 0 fully saturated rings. The summed E-state index contributed by atoms with van der Waals surface area (Å²) in [7, 11) is 1.51. The zero-order valence-electron chi connectivity index (χ0n) is 9.68. The van der Waals surface area contributed by atoms with E-state index < -0.39 is 5.97 Å². The second kappa shape index (κ2) is 6.75. The van der Waals surface area contributed by atoms with E-state index in [1.165, 1.54) is 7.11 Å². The molecule has 5 nitrogen and oxygen atoms in total. The standard InChI is InChI=1S/C12H16O5/c1-16-11-7-9(8-13)4-5-10(11)17-6-2-3-12(14)15/h4-5,7,13H,2-3,6,8H2,1H3,(H,14,15). The Morgan fingerprint density at radius 2 is 2.12 bits per heavy atom. The van der Waals surface area contributed by atoms with E-state index in [2.05, 4.69) is 0 Å². The fraction of sp³-hybridized carbons (Fsp3) is 0.417. The third-order valence-corrected chi connectivity index (χ3v) is 2.20. The summed E-state index contributed by atoms with van der Waals surface area (Å²) in [6.07, 6.45) is 0.525. The molecule has 1 aromatic carbocycles. The minimum Gasteiger partial charge on any atom is -0.493 e. The van der Waals surface area contributed by atoms with Crippen LogP contribution in [0.4, 0.5) is 0 Å². The Hall–Kier alpha value is -1.75. The molecule has 0 unspecified atom stereocenters. The summed E-state index contributed by atoms with van der Waals surface area (Å²) in [5.41, 5.74) is 0.736. The third-order valence-electron chi connectivity index (χ3n) is 2.20. The van der Waals surface area contributed by atoms with Crippen molar-refractivity contribution in [3.63, 3.8) is 0 Å². The Labute approximate surface area is 99.6 Å². The number of carbonyl (C=O) groups is 1. The number of rotatable bonds is 7. The number of aliphatic carboxylic acids is 1. The molecular formula is C12H16O5. The summed E-state index contributed by atoms with van der Waals surface area (Å²) in [6.45, 7) is 0.261. The van der Waals surface area contributed by atoms with Crippen molar-refractivity contribution in [2.45, 2.75) is 19.4 Å². The van der Waals surface area contributed by atoms with Gasteiger partial charge < -0.3 is 19.7 Å². The SMILES string of the molecule is COc1cc(CO)ccc1OCCCC(=O)O. The van der Waals surface area contributed by atoms with Crippen LogP contribution in [0.15, 0.2) is 18.2 Å². The highest BCUT2D eigenvalue weighted by Crippen LogP contribution is 2.28. The summed E-state index contributed by atoms with van der Waals surface area (Å²) in [6, 6.07) is 5.12. The smallest absolute Gasteiger partial charge is 0.303 e. The first-order chi connectivity index (χ1) is 8.17. The van der Waals surface area contributed by atoms with Gasteiger partial charge >= 0.3 is 5.97 Å². The Morgan fingerprint density at radius 1 is 1.35 bits per heavy atom. The Bertz CT molecular complexity index is 375. The van der Waals surface area contributed by atoms with E-state index in [-0.39, 0.29) is 13.0 Å². The number of aliphatic hydroxyl groups is 1. The molecule has 0 amide bonds. The van der Waals surface area contributed by atoms with Crippen LogP contribution in [0.5, 0.6) is 11.5 Å². The first-order valence-electron chi connectivity index (χ1n) is 5.29. The van der Waals surface area contributed by atoms with Gasteiger partial charge in [-0.3, -0.25) is 4.79 Å². The largest absolute Gasteiger partial charge is 0.493 e. The molecule has 0 aromatic heterocycles. The zero-order chi connectivity index (χ0) is 12.7. The third kappa shape index (κ3) is 4.32. The number of benzene rings is 1. The predicted octanol–water partition coefficient (Wildman–Crippen LogP) is 1.43. The molecule has 0 saturated carbocycles. The van der Waals surface area contributed by atoms with Crippen LogP contribution in [0.2, 0.25) is 0 Å². The Morgan fingerprint density at radius 3 is 2.71 bits per heavy atom. The van der Waals surface area contributed by atoms with Crippen LogP contribution in [0.1, 0.15) is 18.4 Å². The lowest BCUT2D eigenvalue weighted by atomic mass is 10.2. The molecule has 2 N–H and O–H groups in total. The van der Waals surface area contributed by atoms with Crippen LogP contribution in [-0.2, 0) is 11.4 Å². The molecule has 1 aromatic rings. The van der Waals surface area contributed by atoms with Crippen LogP contribution >= 0.6 is 0 Å². The second-order valence-corrected chi connectivity index (χ2v) is 3.49. The maximum Gasteiger partial charge on any atom is 0.303 e. The van der Waals surface area contributed by atoms with E-state index >= 15 is 0 Å².